The molecule has 9 heteroatoms. The molecular formula is C25H27N5O4. The smallest absolute Gasteiger partial charge is 0.409 e. The van der Waals surface area contributed by atoms with Crippen LogP contribution in [0.3, 0.4) is 0 Å². The molecule has 1 aromatic rings. The predicted octanol–water partition coefficient (Wildman–Crippen LogP) is 2.79. The fourth-order valence-corrected chi connectivity index (χ4v) is 4.90. The van der Waals surface area contributed by atoms with Crippen molar-refractivity contribution in [2.45, 2.75) is 26.3 Å². The summed E-state index contributed by atoms with van der Waals surface area (Å²) in [4.78, 5) is 31.1. The molecule has 3 aliphatic rings. The fraction of sp³-hybridized carbons (Fsp3) is 0.440. The highest BCUT2D eigenvalue weighted by molar-refractivity contribution is 6.36. The number of allylic oxidation sites excluding steroid dienone is 1. The third kappa shape index (κ3) is 3.78. The zero-order chi connectivity index (χ0) is 24.6. The van der Waals surface area contributed by atoms with Gasteiger partial charge < -0.3 is 14.4 Å². The molecule has 0 aliphatic carbocycles. The Morgan fingerprint density at radius 2 is 1.76 bits per heavy atom. The summed E-state index contributed by atoms with van der Waals surface area (Å²) in [6.45, 7) is 9.23. The zero-order valence-electron chi connectivity index (χ0n) is 19.8. The lowest BCUT2D eigenvalue weighted by Crippen LogP contribution is -2.50. The van der Waals surface area contributed by atoms with Crippen molar-refractivity contribution in [3.8, 4) is 17.9 Å². The summed E-state index contributed by atoms with van der Waals surface area (Å²) >= 11 is 0. The lowest BCUT2D eigenvalue weighted by atomic mass is 9.87. The Hall–Kier alpha value is -3.82. The lowest BCUT2D eigenvalue weighted by Gasteiger charge is -2.41. The van der Waals surface area contributed by atoms with E-state index in [9.17, 15) is 20.1 Å². The van der Waals surface area contributed by atoms with Crippen molar-refractivity contribution >= 4 is 28.8 Å². The van der Waals surface area contributed by atoms with E-state index in [1.807, 2.05) is 32.1 Å². The number of benzene rings is 1. The van der Waals surface area contributed by atoms with Crippen LogP contribution in [0.1, 0.15) is 31.9 Å². The molecule has 2 amide bonds. The van der Waals surface area contributed by atoms with E-state index in [1.54, 1.807) is 29.9 Å². The van der Waals surface area contributed by atoms with Crippen LogP contribution in [0.15, 0.2) is 23.8 Å². The van der Waals surface area contributed by atoms with Gasteiger partial charge in [-0.25, -0.2) is 4.79 Å². The highest BCUT2D eigenvalue weighted by atomic mass is 16.6. The Balaban J connectivity index is 1.72. The highest BCUT2D eigenvalue weighted by Crippen LogP contribution is 2.51. The van der Waals surface area contributed by atoms with Crippen LogP contribution >= 0.6 is 0 Å². The third-order valence-corrected chi connectivity index (χ3v) is 6.44. The molecule has 0 aromatic heterocycles. The van der Waals surface area contributed by atoms with Crippen molar-refractivity contribution in [2.75, 3.05) is 51.3 Å². The second-order valence-electron chi connectivity index (χ2n) is 8.97. The Bertz CT molecular complexity index is 1180. The number of piperazine rings is 1. The number of methoxy groups -OCH3 is 1. The number of ether oxygens (including phenoxy) is 2. The van der Waals surface area contributed by atoms with Crippen molar-refractivity contribution < 1.29 is 19.1 Å². The van der Waals surface area contributed by atoms with E-state index in [-0.39, 0.29) is 23.1 Å². The number of amides is 2. The van der Waals surface area contributed by atoms with Crippen molar-refractivity contribution in [3.63, 3.8) is 0 Å². The van der Waals surface area contributed by atoms with Crippen molar-refractivity contribution in [3.05, 3.63) is 34.9 Å². The van der Waals surface area contributed by atoms with Crippen LogP contribution in [0.25, 0.3) is 11.1 Å². The number of carbonyl (C=O) groups excluding carboxylic acids is 2. The maximum absolute atomic E-state index is 13.4. The SMILES string of the molecule is CCOC(=O)N1CCN(CC2=CC(C)(C)N3C(=O)C(=C(C#N)C#N)c4cc(OC)cc2c43)CC1. The van der Waals surface area contributed by atoms with E-state index < -0.39 is 5.54 Å². The van der Waals surface area contributed by atoms with Crippen LogP contribution in [0, 0.1) is 22.7 Å². The maximum atomic E-state index is 13.4. The standard InChI is InChI=1S/C25H27N5O4/c1-5-34-24(32)29-8-6-28(7-9-29)15-16-12-25(2,3)30-22-19(16)10-18(33-4)11-20(22)21(23(30)31)17(13-26)14-27/h10-12H,5-9,15H2,1-4H3. The van der Waals surface area contributed by atoms with Gasteiger partial charge in [0.05, 0.1) is 30.5 Å². The minimum absolute atomic E-state index is 0.117. The monoisotopic (exact) mass is 461 g/mol. The van der Waals surface area contributed by atoms with Gasteiger partial charge in [0.15, 0.2) is 0 Å². The van der Waals surface area contributed by atoms with Crippen LogP contribution in [-0.2, 0) is 9.53 Å². The van der Waals surface area contributed by atoms with Crippen molar-refractivity contribution in [1.82, 2.24) is 9.80 Å². The van der Waals surface area contributed by atoms with Gasteiger partial charge in [0.2, 0.25) is 0 Å². The van der Waals surface area contributed by atoms with Crippen molar-refractivity contribution in [2.24, 2.45) is 0 Å². The number of nitriles is 2. The van der Waals surface area contributed by atoms with Gasteiger partial charge in [-0.05, 0) is 38.5 Å². The molecule has 0 saturated carbocycles. The molecule has 1 fully saturated rings. The van der Waals surface area contributed by atoms with Gasteiger partial charge in [-0.15, -0.1) is 0 Å². The Kier molecular flexibility index (Phi) is 6.07. The Morgan fingerprint density at radius 3 is 2.35 bits per heavy atom. The van der Waals surface area contributed by atoms with Crippen LogP contribution in [0.2, 0.25) is 0 Å². The summed E-state index contributed by atoms with van der Waals surface area (Å²) in [7, 11) is 1.55. The third-order valence-electron chi connectivity index (χ3n) is 6.44. The van der Waals surface area contributed by atoms with Gasteiger partial charge in [0.1, 0.15) is 23.5 Å². The molecule has 176 valence electrons. The van der Waals surface area contributed by atoms with Gasteiger partial charge in [-0.1, -0.05) is 6.08 Å². The molecule has 34 heavy (non-hydrogen) atoms. The first-order valence-corrected chi connectivity index (χ1v) is 11.2. The van der Waals surface area contributed by atoms with Gasteiger partial charge >= 0.3 is 6.09 Å². The molecule has 0 bridgehead atoms. The number of carbonyl (C=O) groups is 2. The molecule has 3 aliphatic heterocycles. The van der Waals surface area contributed by atoms with E-state index in [4.69, 9.17) is 9.47 Å². The quantitative estimate of drug-likeness (QED) is 0.501. The van der Waals surface area contributed by atoms with Crippen molar-refractivity contribution in [1.29, 1.82) is 10.5 Å². The number of rotatable bonds is 4. The average molecular weight is 462 g/mol. The largest absolute Gasteiger partial charge is 0.497 e. The van der Waals surface area contributed by atoms with Gasteiger partial charge in [-0.2, -0.15) is 10.5 Å². The first kappa shape index (κ1) is 23.3. The van der Waals surface area contributed by atoms with Crippen LogP contribution in [-0.4, -0.2) is 73.8 Å². The Morgan fingerprint density at radius 1 is 1.12 bits per heavy atom. The van der Waals surface area contributed by atoms with Crippen LogP contribution in [0.4, 0.5) is 10.5 Å². The molecule has 9 nitrogen and oxygen atoms in total. The molecule has 0 radical (unpaired) electrons. The number of hydrogen-bond acceptors (Lipinski definition) is 7. The minimum Gasteiger partial charge on any atom is -0.497 e. The molecule has 4 rings (SSSR count). The molecule has 0 unspecified atom stereocenters. The number of nitrogens with zero attached hydrogens (tertiary/aromatic N) is 5. The van der Waals surface area contributed by atoms with Gasteiger partial charge in [0, 0.05) is 43.9 Å². The molecule has 0 spiro atoms. The van der Waals surface area contributed by atoms with E-state index in [1.165, 1.54) is 0 Å². The second kappa shape index (κ2) is 8.85. The summed E-state index contributed by atoms with van der Waals surface area (Å²) in [6.07, 6.45) is 1.78. The van der Waals surface area contributed by atoms with Gasteiger partial charge in [-0.3, -0.25) is 14.6 Å². The molecular weight excluding hydrogens is 434 g/mol. The Labute approximate surface area is 199 Å². The summed E-state index contributed by atoms with van der Waals surface area (Å²) in [6, 6.07) is 7.37. The zero-order valence-corrected chi connectivity index (χ0v) is 19.8. The topological polar surface area (TPSA) is 110 Å². The second-order valence-corrected chi connectivity index (χ2v) is 8.97. The van der Waals surface area contributed by atoms with Crippen LogP contribution < -0.4 is 9.64 Å². The minimum atomic E-state index is -0.659. The summed E-state index contributed by atoms with van der Waals surface area (Å²) in [5.74, 6) is 0.194. The molecule has 3 heterocycles. The molecule has 1 aromatic carbocycles. The molecule has 1 saturated heterocycles. The van der Waals surface area contributed by atoms with E-state index >= 15 is 0 Å². The van der Waals surface area contributed by atoms with Crippen LogP contribution in [0.5, 0.6) is 5.75 Å². The summed E-state index contributed by atoms with van der Waals surface area (Å²) in [5, 5.41) is 19.0. The summed E-state index contributed by atoms with van der Waals surface area (Å²) < 4.78 is 10.6. The van der Waals surface area contributed by atoms with E-state index in [2.05, 4.69) is 11.0 Å². The molecule has 0 atom stereocenters. The number of anilines is 1. The maximum Gasteiger partial charge on any atom is 0.409 e. The first-order chi connectivity index (χ1) is 16.2. The van der Waals surface area contributed by atoms with E-state index in [0.717, 1.165) is 11.1 Å². The first-order valence-electron chi connectivity index (χ1n) is 11.2. The number of hydrogen-bond donors (Lipinski definition) is 0. The average Bonchev–Trinajstić information content (AvgIpc) is 3.11. The van der Waals surface area contributed by atoms with E-state index in [0.29, 0.717) is 56.3 Å². The fourth-order valence-electron chi connectivity index (χ4n) is 4.90. The lowest BCUT2D eigenvalue weighted by molar-refractivity contribution is -0.113. The van der Waals surface area contributed by atoms with Gasteiger partial charge in [0.25, 0.3) is 5.91 Å². The predicted molar refractivity (Wildman–Crippen MR) is 126 cm³/mol. The molecule has 0 N–H and O–H groups in total. The highest BCUT2D eigenvalue weighted by Gasteiger charge is 2.46. The normalized spacial score (nSPS) is 18.6. The summed E-state index contributed by atoms with van der Waals surface area (Å²) in [5.41, 5.74) is 2.38.